The molecule has 0 spiro atoms. The second-order valence-corrected chi connectivity index (χ2v) is 7.18. The van der Waals surface area contributed by atoms with Crippen LogP contribution in [0.15, 0.2) is 48.0 Å². The van der Waals surface area contributed by atoms with Crippen molar-refractivity contribution in [3.05, 3.63) is 64.0 Å². The summed E-state index contributed by atoms with van der Waals surface area (Å²) in [4.78, 5) is 3.63. The third-order valence-electron chi connectivity index (χ3n) is 4.03. The van der Waals surface area contributed by atoms with E-state index in [1.54, 1.807) is 11.3 Å². The van der Waals surface area contributed by atoms with Gasteiger partial charge < -0.3 is 5.11 Å². The first-order valence-corrected chi connectivity index (χ1v) is 9.02. The van der Waals surface area contributed by atoms with Crippen LogP contribution in [0.4, 0.5) is 0 Å². The number of aromatic nitrogens is 2. The summed E-state index contributed by atoms with van der Waals surface area (Å²) in [7, 11) is 0. The Balaban J connectivity index is 1.81. The summed E-state index contributed by atoms with van der Waals surface area (Å²) in [6, 6.07) is 12.4. The quantitative estimate of drug-likeness (QED) is 0.687. The minimum atomic E-state index is -0.364. The van der Waals surface area contributed by atoms with Gasteiger partial charge >= 0.3 is 0 Å². The summed E-state index contributed by atoms with van der Waals surface area (Å²) in [5.74, 6) is 0. The number of H-pyrrole nitrogens is 1. The highest BCUT2D eigenvalue weighted by molar-refractivity contribution is 7.10. The fourth-order valence-electron chi connectivity index (χ4n) is 2.85. The Hall–Kier alpha value is -1.95. The van der Waals surface area contributed by atoms with Crippen molar-refractivity contribution in [2.24, 2.45) is 0 Å². The molecule has 0 radical (unpaired) electrons. The van der Waals surface area contributed by atoms with Crippen LogP contribution in [-0.4, -0.2) is 32.9 Å². The lowest BCUT2D eigenvalue weighted by Crippen LogP contribution is -2.30. The summed E-state index contributed by atoms with van der Waals surface area (Å²) in [6.45, 7) is 6.20. The molecule has 4 nitrogen and oxygen atoms in total. The Morgan fingerprint density at radius 3 is 2.67 bits per heavy atom. The molecule has 24 heavy (non-hydrogen) atoms. The maximum atomic E-state index is 9.87. The van der Waals surface area contributed by atoms with Gasteiger partial charge in [0, 0.05) is 30.1 Å². The molecule has 2 heterocycles. The van der Waals surface area contributed by atoms with Gasteiger partial charge in [0.2, 0.25) is 0 Å². The topological polar surface area (TPSA) is 52.2 Å². The van der Waals surface area contributed by atoms with E-state index in [1.807, 2.05) is 31.3 Å². The molecule has 0 unspecified atom stereocenters. The van der Waals surface area contributed by atoms with E-state index in [4.69, 9.17) is 0 Å². The maximum absolute atomic E-state index is 9.87. The molecule has 2 N–H and O–H groups in total. The van der Waals surface area contributed by atoms with E-state index in [0.717, 1.165) is 29.9 Å². The summed E-state index contributed by atoms with van der Waals surface area (Å²) in [6.07, 6.45) is 1.52. The van der Waals surface area contributed by atoms with Crippen LogP contribution in [0.5, 0.6) is 0 Å². The fourth-order valence-corrected chi connectivity index (χ4v) is 3.80. The van der Waals surface area contributed by atoms with E-state index in [9.17, 15) is 5.11 Å². The van der Waals surface area contributed by atoms with E-state index in [0.29, 0.717) is 6.54 Å². The van der Waals surface area contributed by atoms with Crippen LogP contribution in [0.3, 0.4) is 0 Å². The van der Waals surface area contributed by atoms with Gasteiger partial charge in [0.05, 0.1) is 18.0 Å². The number of benzene rings is 1. The minimum Gasteiger partial charge on any atom is -0.392 e. The number of thiophene rings is 1. The number of nitrogens with zero attached hydrogens (tertiary/aromatic N) is 2. The Bertz CT molecular complexity index is 764. The van der Waals surface area contributed by atoms with Crippen molar-refractivity contribution < 1.29 is 5.11 Å². The molecular formula is C19H23N3OS. The summed E-state index contributed by atoms with van der Waals surface area (Å²) < 4.78 is 0. The number of rotatable bonds is 7. The number of aliphatic hydroxyl groups is 1. The van der Waals surface area contributed by atoms with Crippen molar-refractivity contribution in [1.82, 2.24) is 15.1 Å². The summed E-state index contributed by atoms with van der Waals surface area (Å²) in [5, 5.41) is 19.3. The molecule has 3 rings (SSSR count). The van der Waals surface area contributed by atoms with Crippen LogP contribution < -0.4 is 0 Å². The lowest BCUT2D eigenvalue weighted by molar-refractivity contribution is 0.119. The first kappa shape index (κ1) is 16.9. The van der Waals surface area contributed by atoms with Crippen LogP contribution >= 0.6 is 11.3 Å². The van der Waals surface area contributed by atoms with Gasteiger partial charge in [0.25, 0.3) is 0 Å². The number of aryl methyl sites for hydroxylation is 1. The molecule has 0 bridgehead atoms. The molecular weight excluding hydrogens is 318 g/mol. The fraction of sp³-hybridized carbons (Fsp3) is 0.316. The van der Waals surface area contributed by atoms with Crippen LogP contribution in [-0.2, 0) is 13.1 Å². The van der Waals surface area contributed by atoms with E-state index in [2.05, 4.69) is 45.6 Å². The molecule has 1 atom stereocenters. The van der Waals surface area contributed by atoms with Gasteiger partial charge in [-0.15, -0.1) is 11.3 Å². The maximum Gasteiger partial charge on any atom is 0.0695 e. The van der Waals surface area contributed by atoms with E-state index >= 15 is 0 Å². The SMILES string of the molecule is Cc1ccsc1CN(Cc1cn[nH]c1-c1ccccc1)C[C@@H](C)O. The Morgan fingerprint density at radius 2 is 2.00 bits per heavy atom. The van der Waals surface area contributed by atoms with Crippen molar-refractivity contribution in [2.45, 2.75) is 33.0 Å². The Morgan fingerprint density at radius 1 is 1.21 bits per heavy atom. The Labute approximate surface area is 146 Å². The molecule has 1 aromatic carbocycles. The molecule has 0 aliphatic heterocycles. The standard InChI is InChI=1S/C19H23N3OS/c1-14-8-9-24-18(14)13-22(11-15(2)23)12-17-10-20-21-19(17)16-6-4-3-5-7-16/h3-10,15,23H,11-13H2,1-2H3,(H,20,21)/t15-/m1/s1. The summed E-state index contributed by atoms with van der Waals surface area (Å²) in [5.41, 5.74) is 4.64. The van der Waals surface area contributed by atoms with Gasteiger partial charge in [-0.25, -0.2) is 0 Å². The molecule has 0 fully saturated rings. The second kappa shape index (κ2) is 7.75. The minimum absolute atomic E-state index is 0.364. The van der Waals surface area contributed by atoms with E-state index < -0.39 is 0 Å². The zero-order valence-corrected chi connectivity index (χ0v) is 14.9. The molecule has 3 aromatic rings. The molecule has 126 valence electrons. The Kier molecular flexibility index (Phi) is 5.45. The van der Waals surface area contributed by atoms with Gasteiger partial charge in [0.1, 0.15) is 0 Å². The molecule has 0 saturated heterocycles. The van der Waals surface area contributed by atoms with Crippen molar-refractivity contribution in [3.8, 4) is 11.3 Å². The number of hydrogen-bond acceptors (Lipinski definition) is 4. The lowest BCUT2D eigenvalue weighted by Gasteiger charge is -2.23. The molecule has 2 aromatic heterocycles. The van der Waals surface area contributed by atoms with Gasteiger partial charge in [-0.2, -0.15) is 5.10 Å². The summed E-state index contributed by atoms with van der Waals surface area (Å²) >= 11 is 1.77. The third-order valence-corrected chi connectivity index (χ3v) is 5.04. The predicted octanol–water partition coefficient (Wildman–Crippen LogP) is 3.83. The van der Waals surface area contributed by atoms with Gasteiger partial charge in [0.15, 0.2) is 0 Å². The van der Waals surface area contributed by atoms with Crippen LogP contribution in [0.25, 0.3) is 11.3 Å². The zero-order chi connectivity index (χ0) is 16.9. The third kappa shape index (κ3) is 4.12. The smallest absolute Gasteiger partial charge is 0.0695 e. The molecule has 5 heteroatoms. The highest BCUT2D eigenvalue weighted by atomic mass is 32.1. The van der Waals surface area contributed by atoms with E-state index in [1.165, 1.54) is 10.4 Å². The monoisotopic (exact) mass is 341 g/mol. The van der Waals surface area contributed by atoms with Crippen LogP contribution in [0.1, 0.15) is 22.9 Å². The van der Waals surface area contributed by atoms with Crippen molar-refractivity contribution in [2.75, 3.05) is 6.54 Å². The van der Waals surface area contributed by atoms with Gasteiger partial charge in [-0.3, -0.25) is 10.00 Å². The highest BCUT2D eigenvalue weighted by Gasteiger charge is 2.16. The van der Waals surface area contributed by atoms with Crippen LogP contribution in [0, 0.1) is 6.92 Å². The van der Waals surface area contributed by atoms with Gasteiger partial charge in [-0.1, -0.05) is 30.3 Å². The molecule has 0 aliphatic carbocycles. The normalized spacial score (nSPS) is 12.7. The molecule has 0 aliphatic rings. The van der Waals surface area contributed by atoms with Crippen molar-refractivity contribution in [3.63, 3.8) is 0 Å². The van der Waals surface area contributed by atoms with Crippen molar-refractivity contribution >= 4 is 11.3 Å². The largest absolute Gasteiger partial charge is 0.392 e. The second-order valence-electron chi connectivity index (χ2n) is 6.18. The number of hydrogen-bond donors (Lipinski definition) is 2. The number of aliphatic hydroxyl groups excluding tert-OH is 1. The predicted molar refractivity (Wildman–Crippen MR) is 98.9 cm³/mol. The average molecular weight is 341 g/mol. The molecule has 0 saturated carbocycles. The first-order chi connectivity index (χ1) is 11.6. The number of nitrogens with one attached hydrogen (secondary N) is 1. The zero-order valence-electron chi connectivity index (χ0n) is 14.1. The number of aromatic amines is 1. The highest BCUT2D eigenvalue weighted by Crippen LogP contribution is 2.24. The van der Waals surface area contributed by atoms with E-state index in [-0.39, 0.29) is 6.10 Å². The lowest BCUT2D eigenvalue weighted by atomic mass is 10.1. The first-order valence-electron chi connectivity index (χ1n) is 8.14. The average Bonchev–Trinajstić information content (AvgIpc) is 3.17. The molecule has 0 amide bonds. The van der Waals surface area contributed by atoms with Crippen molar-refractivity contribution in [1.29, 1.82) is 0 Å². The van der Waals surface area contributed by atoms with Crippen LogP contribution in [0.2, 0.25) is 0 Å². The van der Waals surface area contributed by atoms with Gasteiger partial charge in [-0.05, 0) is 36.4 Å².